The van der Waals surface area contributed by atoms with Crippen LogP contribution in [-0.4, -0.2) is 28.5 Å². The van der Waals surface area contributed by atoms with Crippen LogP contribution in [0.5, 0.6) is 0 Å². The molecule has 0 atom stereocenters. The average molecular weight is 272 g/mol. The molecule has 6 nitrogen and oxygen atoms in total. The number of nitrogens with one attached hydrogen (secondary N) is 2. The summed E-state index contributed by atoms with van der Waals surface area (Å²) in [6.07, 6.45) is 0.807. The van der Waals surface area contributed by atoms with Gasteiger partial charge in [0.2, 0.25) is 15.9 Å². The Bertz CT molecular complexity index is 496. The molecule has 0 bridgehead atoms. The molecule has 0 aliphatic heterocycles. The van der Waals surface area contributed by atoms with E-state index in [9.17, 15) is 13.2 Å². The summed E-state index contributed by atoms with van der Waals surface area (Å²) in [5, 5.41) is 0. The molecule has 7 heteroatoms. The van der Waals surface area contributed by atoms with Crippen LogP contribution in [0, 0.1) is 0 Å². The lowest BCUT2D eigenvalue weighted by Crippen LogP contribution is -2.22. The summed E-state index contributed by atoms with van der Waals surface area (Å²) < 4.78 is 25.2. The van der Waals surface area contributed by atoms with Crippen LogP contribution in [0.3, 0.4) is 0 Å². The van der Waals surface area contributed by atoms with Gasteiger partial charge in [0.25, 0.3) is 0 Å². The van der Waals surface area contributed by atoms with Crippen molar-refractivity contribution in [1.82, 2.24) is 10.2 Å². The van der Waals surface area contributed by atoms with E-state index in [2.05, 4.69) is 15.0 Å². The van der Waals surface area contributed by atoms with Crippen molar-refractivity contribution in [3.05, 3.63) is 29.8 Å². The van der Waals surface area contributed by atoms with E-state index < -0.39 is 10.0 Å². The van der Waals surface area contributed by atoms with Gasteiger partial charge in [-0.3, -0.25) is 9.63 Å². The highest BCUT2D eigenvalue weighted by molar-refractivity contribution is 7.89. The molecule has 2 N–H and O–H groups in total. The van der Waals surface area contributed by atoms with Gasteiger partial charge >= 0.3 is 0 Å². The zero-order chi connectivity index (χ0) is 13.6. The molecule has 0 spiro atoms. The molecule has 0 unspecified atom stereocenters. The Kier molecular flexibility index (Phi) is 5.26. The largest absolute Gasteiger partial charge is 0.277 e. The molecular formula is C11H16N2O4S. The van der Waals surface area contributed by atoms with Crippen molar-refractivity contribution < 1.29 is 18.0 Å². The minimum Gasteiger partial charge on any atom is -0.277 e. The second-order valence-corrected chi connectivity index (χ2v) is 5.47. The third-order valence-electron chi connectivity index (χ3n) is 2.36. The van der Waals surface area contributed by atoms with E-state index in [1.807, 2.05) is 0 Å². The number of hydrogen-bond donors (Lipinski definition) is 2. The van der Waals surface area contributed by atoms with Crippen molar-refractivity contribution in [2.24, 2.45) is 0 Å². The summed E-state index contributed by atoms with van der Waals surface area (Å²) in [6.45, 7) is 0. The maximum atomic E-state index is 11.5. The predicted octanol–water partition coefficient (Wildman–Crippen LogP) is 0.205. The van der Waals surface area contributed by atoms with Crippen LogP contribution < -0.4 is 10.2 Å². The van der Waals surface area contributed by atoms with Gasteiger partial charge < -0.3 is 0 Å². The van der Waals surface area contributed by atoms with E-state index in [-0.39, 0.29) is 17.2 Å². The van der Waals surface area contributed by atoms with Crippen LogP contribution in [0.25, 0.3) is 0 Å². The van der Waals surface area contributed by atoms with Gasteiger partial charge in [0.15, 0.2) is 0 Å². The first kappa shape index (κ1) is 14.6. The van der Waals surface area contributed by atoms with Gasteiger partial charge in [-0.1, -0.05) is 12.1 Å². The molecule has 18 heavy (non-hydrogen) atoms. The predicted molar refractivity (Wildman–Crippen MR) is 66.2 cm³/mol. The third kappa shape index (κ3) is 4.10. The lowest BCUT2D eigenvalue weighted by atomic mass is 10.1. The van der Waals surface area contributed by atoms with E-state index in [1.54, 1.807) is 12.1 Å². The Balaban J connectivity index is 2.64. The number of benzene rings is 1. The third-order valence-corrected chi connectivity index (χ3v) is 3.79. The minimum atomic E-state index is -3.40. The molecule has 1 rings (SSSR count). The topological polar surface area (TPSA) is 84.5 Å². The van der Waals surface area contributed by atoms with Crippen molar-refractivity contribution in [2.45, 2.75) is 17.7 Å². The molecule has 0 aliphatic rings. The first-order valence-corrected chi connectivity index (χ1v) is 6.82. The Labute approximate surface area is 106 Å². The molecule has 0 aromatic heterocycles. The van der Waals surface area contributed by atoms with Crippen molar-refractivity contribution in [3.8, 4) is 0 Å². The molecule has 0 aliphatic carbocycles. The van der Waals surface area contributed by atoms with E-state index in [1.165, 1.54) is 26.3 Å². The second kappa shape index (κ2) is 6.48. The van der Waals surface area contributed by atoms with Crippen LogP contribution in [0.1, 0.15) is 12.0 Å². The number of hydroxylamine groups is 1. The molecule has 0 heterocycles. The number of sulfonamides is 1. The smallest absolute Gasteiger partial charge is 0.243 e. The average Bonchev–Trinajstić information content (AvgIpc) is 2.37. The van der Waals surface area contributed by atoms with Crippen LogP contribution in [0.4, 0.5) is 0 Å². The number of amides is 1. The van der Waals surface area contributed by atoms with Gasteiger partial charge in [-0.2, -0.15) is 0 Å². The summed E-state index contributed by atoms with van der Waals surface area (Å²) in [5.74, 6) is -0.218. The number of rotatable bonds is 6. The highest BCUT2D eigenvalue weighted by Crippen LogP contribution is 2.11. The maximum absolute atomic E-state index is 11.5. The molecule has 1 aromatic carbocycles. The molecular weight excluding hydrogens is 256 g/mol. The number of carbonyl (C=O) groups is 1. The normalized spacial score (nSPS) is 11.2. The quantitative estimate of drug-likeness (QED) is 0.725. The van der Waals surface area contributed by atoms with Gasteiger partial charge in [0.05, 0.1) is 12.0 Å². The molecule has 0 radical (unpaired) electrons. The van der Waals surface area contributed by atoms with Gasteiger partial charge in [0, 0.05) is 6.42 Å². The first-order valence-electron chi connectivity index (χ1n) is 5.34. The molecule has 100 valence electrons. The van der Waals surface area contributed by atoms with Gasteiger partial charge in [-0.25, -0.2) is 18.6 Å². The van der Waals surface area contributed by atoms with Crippen molar-refractivity contribution in [1.29, 1.82) is 0 Å². The van der Waals surface area contributed by atoms with E-state index in [0.29, 0.717) is 6.42 Å². The van der Waals surface area contributed by atoms with E-state index in [0.717, 1.165) is 5.56 Å². The molecule has 1 amide bonds. The highest BCUT2D eigenvalue weighted by Gasteiger charge is 2.10. The highest BCUT2D eigenvalue weighted by atomic mass is 32.2. The number of aryl methyl sites for hydroxylation is 1. The number of carbonyl (C=O) groups excluding carboxylic acids is 1. The number of hydrogen-bond acceptors (Lipinski definition) is 4. The van der Waals surface area contributed by atoms with Crippen LogP contribution in [0.15, 0.2) is 29.2 Å². The van der Waals surface area contributed by atoms with E-state index in [4.69, 9.17) is 0 Å². The van der Waals surface area contributed by atoms with Gasteiger partial charge in [-0.05, 0) is 31.2 Å². The SMILES string of the molecule is CNS(=O)(=O)c1ccc(CCC(=O)NOC)cc1. The fourth-order valence-electron chi connectivity index (χ4n) is 1.38. The Morgan fingerprint density at radius 1 is 1.28 bits per heavy atom. The zero-order valence-corrected chi connectivity index (χ0v) is 11.1. The summed E-state index contributed by atoms with van der Waals surface area (Å²) in [6, 6.07) is 6.39. The van der Waals surface area contributed by atoms with Crippen LogP contribution in [0.2, 0.25) is 0 Å². The first-order chi connectivity index (χ1) is 8.49. The fraction of sp³-hybridized carbons (Fsp3) is 0.364. The van der Waals surface area contributed by atoms with Crippen LogP contribution >= 0.6 is 0 Å². The van der Waals surface area contributed by atoms with Crippen molar-refractivity contribution >= 4 is 15.9 Å². The summed E-state index contributed by atoms with van der Waals surface area (Å²) in [5.41, 5.74) is 3.10. The Morgan fingerprint density at radius 2 is 1.89 bits per heavy atom. The lowest BCUT2D eigenvalue weighted by molar-refractivity contribution is -0.131. The fourth-order valence-corrected chi connectivity index (χ4v) is 2.11. The summed E-state index contributed by atoms with van der Waals surface area (Å²) in [4.78, 5) is 15.8. The molecule has 0 fully saturated rings. The Hall–Kier alpha value is -1.44. The zero-order valence-electron chi connectivity index (χ0n) is 10.3. The Morgan fingerprint density at radius 3 is 2.39 bits per heavy atom. The monoisotopic (exact) mass is 272 g/mol. The van der Waals surface area contributed by atoms with Gasteiger partial charge in [0.1, 0.15) is 0 Å². The van der Waals surface area contributed by atoms with Crippen molar-refractivity contribution in [2.75, 3.05) is 14.2 Å². The molecule has 0 saturated heterocycles. The molecule has 0 saturated carbocycles. The molecule has 1 aromatic rings. The van der Waals surface area contributed by atoms with Crippen molar-refractivity contribution in [3.63, 3.8) is 0 Å². The van der Waals surface area contributed by atoms with Gasteiger partial charge in [-0.15, -0.1) is 0 Å². The summed E-state index contributed by atoms with van der Waals surface area (Å²) in [7, 11) is -0.674. The second-order valence-electron chi connectivity index (χ2n) is 3.58. The van der Waals surface area contributed by atoms with Crippen LogP contribution in [-0.2, 0) is 26.1 Å². The minimum absolute atomic E-state index is 0.204. The maximum Gasteiger partial charge on any atom is 0.243 e. The lowest BCUT2D eigenvalue weighted by Gasteiger charge is -2.05. The standard InChI is InChI=1S/C11H16N2O4S/c1-12-18(15,16)10-6-3-9(4-7-10)5-8-11(14)13-17-2/h3-4,6-7,12H,5,8H2,1-2H3,(H,13,14). The summed E-state index contributed by atoms with van der Waals surface area (Å²) >= 11 is 0. The van der Waals surface area contributed by atoms with E-state index >= 15 is 0 Å².